The number of hydrogen-bond donors (Lipinski definition) is 1. The molecule has 38 heavy (non-hydrogen) atoms. The van der Waals surface area contributed by atoms with Crippen molar-refractivity contribution in [2.45, 2.75) is 78.6 Å². The van der Waals surface area contributed by atoms with Gasteiger partial charge in [-0.3, -0.25) is 4.79 Å². The van der Waals surface area contributed by atoms with E-state index in [2.05, 4.69) is 42.4 Å². The molecule has 3 aromatic rings. The first-order valence-electron chi connectivity index (χ1n) is 12.8. The minimum atomic E-state index is -0.334. The van der Waals surface area contributed by atoms with Crippen LogP contribution in [0.15, 0.2) is 23.4 Å². The summed E-state index contributed by atoms with van der Waals surface area (Å²) < 4.78 is 8.05. The second kappa shape index (κ2) is 11.7. The van der Waals surface area contributed by atoms with Gasteiger partial charge in [-0.1, -0.05) is 44.1 Å². The summed E-state index contributed by atoms with van der Waals surface area (Å²) in [6.45, 7) is 13.3. The number of nitriles is 1. The molecular formula is C28H34ClN5O2S2. The Labute approximate surface area is 237 Å². The van der Waals surface area contributed by atoms with E-state index in [-0.39, 0.29) is 23.2 Å². The van der Waals surface area contributed by atoms with Gasteiger partial charge in [0.25, 0.3) is 0 Å². The zero-order valence-electron chi connectivity index (χ0n) is 22.7. The molecule has 0 spiro atoms. The molecule has 0 bridgehead atoms. The van der Waals surface area contributed by atoms with Gasteiger partial charge in [-0.15, -0.1) is 21.5 Å². The number of nitrogens with one attached hydrogen (secondary N) is 1. The third-order valence-electron chi connectivity index (χ3n) is 7.05. The fourth-order valence-corrected chi connectivity index (χ4v) is 7.00. The Balaban J connectivity index is 1.41. The number of nitrogens with zero attached hydrogens (tertiary/aromatic N) is 4. The van der Waals surface area contributed by atoms with E-state index in [0.717, 1.165) is 30.4 Å². The molecule has 2 heterocycles. The maximum Gasteiger partial charge on any atom is 0.235 e. The van der Waals surface area contributed by atoms with E-state index in [1.54, 1.807) is 11.3 Å². The number of anilines is 1. The van der Waals surface area contributed by atoms with Gasteiger partial charge in [0.15, 0.2) is 17.1 Å². The highest BCUT2D eigenvalue weighted by Crippen LogP contribution is 2.44. The van der Waals surface area contributed by atoms with E-state index in [1.165, 1.54) is 16.6 Å². The van der Waals surface area contributed by atoms with Crippen LogP contribution in [0.3, 0.4) is 0 Å². The fourth-order valence-electron chi connectivity index (χ4n) is 4.78. The first kappa shape index (κ1) is 28.5. The van der Waals surface area contributed by atoms with E-state index in [0.29, 0.717) is 44.8 Å². The zero-order chi connectivity index (χ0) is 27.6. The van der Waals surface area contributed by atoms with Crippen LogP contribution in [0.5, 0.6) is 5.75 Å². The maximum atomic E-state index is 12.9. The van der Waals surface area contributed by atoms with Crippen LogP contribution in [0.1, 0.15) is 74.5 Å². The second-order valence-corrected chi connectivity index (χ2v) is 13.2. The molecule has 7 nitrogen and oxygen atoms in total. The number of aryl methyl sites for hydroxylation is 1. The predicted octanol–water partition coefficient (Wildman–Crippen LogP) is 7.21. The molecule has 0 aliphatic heterocycles. The lowest BCUT2D eigenvalue weighted by atomic mass is 9.72. The summed E-state index contributed by atoms with van der Waals surface area (Å²) in [6, 6.07) is 7.88. The average molecular weight is 572 g/mol. The standard InChI is InChI=1S/C28H34ClN5O2S2/c1-7-34-25(17(3)36-19-9-11-22(29)16(2)12-19)32-33-27(34)37-15-24(35)31-26-21(14-30)20-10-8-18(28(4,5)6)13-23(20)38-26/h9,11-12,17-18H,7-8,10,13,15H2,1-6H3,(H,31,35). The van der Waals surface area contributed by atoms with Gasteiger partial charge in [0, 0.05) is 16.4 Å². The Hall–Kier alpha value is -2.54. The molecule has 1 aliphatic carbocycles. The monoisotopic (exact) mass is 571 g/mol. The van der Waals surface area contributed by atoms with Crippen LogP contribution < -0.4 is 10.1 Å². The van der Waals surface area contributed by atoms with Crippen molar-refractivity contribution in [2.75, 3.05) is 11.1 Å². The number of rotatable bonds is 8. The molecule has 1 aromatic carbocycles. The van der Waals surface area contributed by atoms with Crippen LogP contribution in [0.4, 0.5) is 5.00 Å². The molecule has 202 valence electrons. The molecule has 0 saturated heterocycles. The normalized spacial score (nSPS) is 16.0. The van der Waals surface area contributed by atoms with Gasteiger partial charge >= 0.3 is 0 Å². The topological polar surface area (TPSA) is 92.8 Å². The van der Waals surface area contributed by atoms with Gasteiger partial charge < -0.3 is 14.6 Å². The third kappa shape index (κ3) is 6.19. The highest BCUT2D eigenvalue weighted by molar-refractivity contribution is 7.99. The number of benzene rings is 1. The summed E-state index contributed by atoms with van der Waals surface area (Å²) in [6.07, 6.45) is 2.58. The van der Waals surface area contributed by atoms with Gasteiger partial charge in [0.2, 0.25) is 5.91 Å². The molecule has 10 heteroatoms. The second-order valence-electron chi connectivity index (χ2n) is 10.7. The van der Waals surface area contributed by atoms with E-state index in [4.69, 9.17) is 16.3 Å². The first-order valence-corrected chi connectivity index (χ1v) is 15.0. The van der Waals surface area contributed by atoms with Gasteiger partial charge in [-0.05, 0) is 80.7 Å². The lowest BCUT2D eigenvalue weighted by Gasteiger charge is -2.33. The minimum Gasteiger partial charge on any atom is -0.483 e. The van der Waals surface area contributed by atoms with E-state index in [9.17, 15) is 10.1 Å². The van der Waals surface area contributed by atoms with Crippen molar-refractivity contribution in [1.29, 1.82) is 5.26 Å². The van der Waals surface area contributed by atoms with E-state index < -0.39 is 0 Å². The number of aromatic nitrogens is 3. The molecule has 1 amide bonds. The molecule has 4 rings (SSSR count). The number of carbonyl (C=O) groups excluding carboxylic acids is 1. The summed E-state index contributed by atoms with van der Waals surface area (Å²) in [5.41, 5.74) is 2.90. The summed E-state index contributed by atoms with van der Waals surface area (Å²) in [4.78, 5) is 14.1. The number of ether oxygens (including phenoxy) is 1. The number of halogens is 1. The molecule has 0 saturated carbocycles. The summed E-state index contributed by atoms with van der Waals surface area (Å²) in [7, 11) is 0. The lowest BCUT2D eigenvalue weighted by Crippen LogP contribution is -2.26. The number of hydrogen-bond acceptors (Lipinski definition) is 7. The van der Waals surface area contributed by atoms with Crippen molar-refractivity contribution in [3.8, 4) is 11.8 Å². The number of fused-ring (bicyclic) bond motifs is 1. The van der Waals surface area contributed by atoms with Crippen LogP contribution in [0, 0.1) is 29.6 Å². The van der Waals surface area contributed by atoms with Crippen molar-refractivity contribution in [3.63, 3.8) is 0 Å². The van der Waals surface area contributed by atoms with Crippen molar-refractivity contribution in [1.82, 2.24) is 14.8 Å². The molecular weight excluding hydrogens is 538 g/mol. The van der Waals surface area contributed by atoms with Gasteiger partial charge in [0.1, 0.15) is 16.8 Å². The number of thiophene rings is 1. The Morgan fingerprint density at radius 1 is 1.39 bits per heavy atom. The predicted molar refractivity (Wildman–Crippen MR) is 154 cm³/mol. The molecule has 2 atom stereocenters. The smallest absolute Gasteiger partial charge is 0.235 e. The van der Waals surface area contributed by atoms with Crippen LogP contribution in [0.2, 0.25) is 5.02 Å². The van der Waals surface area contributed by atoms with Gasteiger partial charge in [-0.25, -0.2) is 0 Å². The van der Waals surface area contributed by atoms with E-state index in [1.807, 2.05) is 43.5 Å². The highest BCUT2D eigenvalue weighted by Gasteiger charge is 2.32. The molecule has 0 fully saturated rings. The van der Waals surface area contributed by atoms with Crippen molar-refractivity contribution < 1.29 is 9.53 Å². The van der Waals surface area contributed by atoms with Crippen LogP contribution in [0.25, 0.3) is 0 Å². The van der Waals surface area contributed by atoms with E-state index >= 15 is 0 Å². The Kier molecular flexibility index (Phi) is 8.75. The Morgan fingerprint density at radius 3 is 2.82 bits per heavy atom. The SMILES string of the molecule is CCn1c(SCC(=O)Nc2sc3c(c2C#N)CCC(C(C)(C)C)C3)nnc1C(C)Oc1ccc(Cl)c(C)c1. The van der Waals surface area contributed by atoms with Crippen molar-refractivity contribution in [3.05, 3.63) is 50.6 Å². The molecule has 0 radical (unpaired) electrons. The number of thioether (sulfide) groups is 1. The van der Waals surface area contributed by atoms with Gasteiger partial charge in [-0.2, -0.15) is 5.26 Å². The summed E-state index contributed by atoms with van der Waals surface area (Å²) >= 11 is 9.01. The Bertz CT molecular complexity index is 1370. The average Bonchev–Trinajstić information content (AvgIpc) is 3.44. The Morgan fingerprint density at radius 2 is 2.16 bits per heavy atom. The summed E-state index contributed by atoms with van der Waals surface area (Å²) in [5.74, 6) is 1.98. The zero-order valence-corrected chi connectivity index (χ0v) is 25.1. The first-order chi connectivity index (χ1) is 18.0. The maximum absolute atomic E-state index is 12.9. The van der Waals surface area contributed by atoms with Crippen molar-refractivity contribution >= 4 is 45.6 Å². The van der Waals surface area contributed by atoms with Crippen LogP contribution in [-0.4, -0.2) is 26.4 Å². The molecule has 2 unspecified atom stereocenters. The number of carbonyl (C=O) groups is 1. The molecule has 1 aliphatic rings. The van der Waals surface area contributed by atoms with Crippen LogP contribution in [-0.2, 0) is 24.2 Å². The quantitative estimate of drug-likeness (QED) is 0.287. The minimum absolute atomic E-state index is 0.161. The van der Waals surface area contributed by atoms with Crippen molar-refractivity contribution in [2.24, 2.45) is 11.3 Å². The van der Waals surface area contributed by atoms with Gasteiger partial charge in [0.05, 0.1) is 11.3 Å². The summed E-state index contributed by atoms with van der Waals surface area (Å²) in [5, 5.41) is 23.5. The molecule has 2 aromatic heterocycles. The van der Waals surface area contributed by atoms with Crippen LogP contribution >= 0.6 is 34.7 Å². The fraction of sp³-hybridized carbons (Fsp3) is 0.500. The largest absolute Gasteiger partial charge is 0.483 e. The molecule has 1 N–H and O–H groups in total. The lowest BCUT2D eigenvalue weighted by molar-refractivity contribution is -0.113. The third-order valence-corrected chi connectivity index (χ3v) is 9.62. The number of amides is 1. The highest BCUT2D eigenvalue weighted by atomic mass is 35.5.